The molecule has 4 heteroatoms. The van der Waals surface area contributed by atoms with E-state index in [1.165, 1.54) is 36.8 Å². The van der Waals surface area contributed by atoms with Gasteiger partial charge in [0.05, 0.1) is 11.2 Å². The third-order valence-corrected chi connectivity index (χ3v) is 4.27. The summed E-state index contributed by atoms with van der Waals surface area (Å²) >= 11 is 1.78. The molecule has 1 aromatic heterocycles. The summed E-state index contributed by atoms with van der Waals surface area (Å²) in [5.74, 6) is 0. The first-order valence-corrected chi connectivity index (χ1v) is 6.90. The summed E-state index contributed by atoms with van der Waals surface area (Å²) < 4.78 is 0. The quantitative estimate of drug-likeness (QED) is 0.804. The largest absolute Gasteiger partial charge is 0.298 e. The molecular formula is C12H21N3S. The molecule has 0 aromatic carbocycles. The number of aryl methyl sites for hydroxylation is 1. The molecule has 0 radical (unpaired) electrons. The highest BCUT2D eigenvalue weighted by Gasteiger charge is 2.19. The molecular weight excluding hydrogens is 218 g/mol. The van der Waals surface area contributed by atoms with Gasteiger partial charge in [0.2, 0.25) is 0 Å². The minimum atomic E-state index is 0.687. The van der Waals surface area contributed by atoms with Crippen molar-refractivity contribution in [3.8, 4) is 0 Å². The van der Waals surface area contributed by atoms with Gasteiger partial charge in [0.15, 0.2) is 0 Å². The lowest BCUT2D eigenvalue weighted by atomic mass is 10.2. The Morgan fingerprint density at radius 2 is 2.00 bits per heavy atom. The molecule has 0 amide bonds. The Balaban J connectivity index is 1.84. The van der Waals surface area contributed by atoms with E-state index in [1.54, 1.807) is 11.3 Å². The number of piperazine rings is 1. The normalized spacial score (nSPS) is 19.5. The second-order valence-electron chi connectivity index (χ2n) is 4.77. The van der Waals surface area contributed by atoms with Crippen LogP contribution in [0.15, 0.2) is 5.51 Å². The van der Waals surface area contributed by atoms with Crippen molar-refractivity contribution in [2.24, 2.45) is 0 Å². The van der Waals surface area contributed by atoms with Crippen LogP contribution in [0.4, 0.5) is 0 Å². The first-order valence-electron chi connectivity index (χ1n) is 6.02. The Morgan fingerprint density at radius 1 is 1.31 bits per heavy atom. The molecule has 1 saturated heterocycles. The van der Waals surface area contributed by atoms with E-state index in [4.69, 9.17) is 0 Å². The monoisotopic (exact) mass is 239 g/mol. The third kappa shape index (κ3) is 2.81. The van der Waals surface area contributed by atoms with Crippen molar-refractivity contribution < 1.29 is 0 Å². The van der Waals surface area contributed by atoms with Crippen molar-refractivity contribution >= 4 is 11.3 Å². The Morgan fingerprint density at radius 3 is 2.50 bits per heavy atom. The van der Waals surface area contributed by atoms with Crippen LogP contribution in [0.2, 0.25) is 0 Å². The van der Waals surface area contributed by atoms with Gasteiger partial charge in [-0.2, -0.15) is 0 Å². The first-order chi connectivity index (χ1) is 7.66. The summed E-state index contributed by atoms with van der Waals surface area (Å²) in [4.78, 5) is 10.8. The van der Waals surface area contributed by atoms with Crippen LogP contribution in [0.3, 0.4) is 0 Å². The molecule has 1 aliphatic heterocycles. The van der Waals surface area contributed by atoms with Gasteiger partial charge in [0, 0.05) is 43.6 Å². The van der Waals surface area contributed by atoms with Crippen LogP contribution >= 0.6 is 11.3 Å². The molecule has 1 fully saturated rings. The van der Waals surface area contributed by atoms with Gasteiger partial charge in [-0.15, -0.1) is 11.3 Å². The molecule has 1 aliphatic rings. The van der Waals surface area contributed by atoms with Gasteiger partial charge in [-0.1, -0.05) is 0 Å². The maximum atomic E-state index is 4.31. The summed E-state index contributed by atoms with van der Waals surface area (Å²) in [5.41, 5.74) is 3.16. The van der Waals surface area contributed by atoms with Crippen LogP contribution < -0.4 is 0 Å². The van der Waals surface area contributed by atoms with Crippen molar-refractivity contribution in [2.45, 2.75) is 33.4 Å². The molecule has 1 aromatic rings. The van der Waals surface area contributed by atoms with Gasteiger partial charge in [0.25, 0.3) is 0 Å². The molecule has 90 valence electrons. The standard InChI is InChI=1S/C12H21N3S/c1-10(2)15-6-4-14(5-7-15)8-12-11(3)13-9-16-12/h9-10H,4-8H2,1-3H3. The first kappa shape index (κ1) is 12.0. The van der Waals surface area contributed by atoms with E-state index >= 15 is 0 Å². The predicted molar refractivity (Wildman–Crippen MR) is 68.8 cm³/mol. The summed E-state index contributed by atoms with van der Waals surface area (Å²) in [5, 5.41) is 0. The fourth-order valence-electron chi connectivity index (χ4n) is 2.12. The molecule has 0 spiro atoms. The van der Waals surface area contributed by atoms with Crippen LogP contribution in [0, 0.1) is 6.92 Å². The van der Waals surface area contributed by atoms with Gasteiger partial charge in [-0.3, -0.25) is 9.80 Å². The third-order valence-electron chi connectivity index (χ3n) is 3.35. The molecule has 16 heavy (non-hydrogen) atoms. The molecule has 2 heterocycles. The van der Waals surface area contributed by atoms with Crippen molar-refractivity contribution in [3.63, 3.8) is 0 Å². The van der Waals surface area contributed by atoms with E-state index in [9.17, 15) is 0 Å². The smallest absolute Gasteiger partial charge is 0.0798 e. The molecule has 0 bridgehead atoms. The lowest BCUT2D eigenvalue weighted by Crippen LogP contribution is -2.48. The van der Waals surface area contributed by atoms with Gasteiger partial charge in [0.1, 0.15) is 0 Å². The minimum Gasteiger partial charge on any atom is -0.298 e. The van der Waals surface area contributed by atoms with Gasteiger partial charge in [-0.25, -0.2) is 4.98 Å². The zero-order valence-corrected chi connectivity index (χ0v) is 11.3. The molecule has 2 rings (SSSR count). The second kappa shape index (κ2) is 5.25. The van der Waals surface area contributed by atoms with Crippen LogP contribution in [0.1, 0.15) is 24.4 Å². The number of aromatic nitrogens is 1. The SMILES string of the molecule is Cc1ncsc1CN1CCN(C(C)C)CC1. The fraction of sp³-hybridized carbons (Fsp3) is 0.750. The van der Waals surface area contributed by atoms with E-state index in [0.717, 1.165) is 6.54 Å². The Hall–Kier alpha value is -0.450. The number of thiazole rings is 1. The Labute approximate surface area is 102 Å². The molecule has 0 aliphatic carbocycles. The highest BCUT2D eigenvalue weighted by atomic mass is 32.1. The highest BCUT2D eigenvalue weighted by Crippen LogP contribution is 2.16. The Bertz CT molecular complexity index is 327. The van der Waals surface area contributed by atoms with Crippen molar-refractivity contribution in [2.75, 3.05) is 26.2 Å². The number of rotatable bonds is 3. The summed E-state index contributed by atoms with van der Waals surface area (Å²) in [6, 6.07) is 0.687. The summed E-state index contributed by atoms with van der Waals surface area (Å²) in [6.45, 7) is 12.5. The number of hydrogen-bond donors (Lipinski definition) is 0. The predicted octanol–water partition coefficient (Wildman–Crippen LogP) is 1.98. The topological polar surface area (TPSA) is 19.4 Å². The summed E-state index contributed by atoms with van der Waals surface area (Å²) in [6.07, 6.45) is 0. The zero-order valence-electron chi connectivity index (χ0n) is 10.4. The van der Waals surface area contributed by atoms with E-state index in [0.29, 0.717) is 6.04 Å². The van der Waals surface area contributed by atoms with Gasteiger partial charge >= 0.3 is 0 Å². The van der Waals surface area contributed by atoms with Gasteiger partial charge < -0.3 is 0 Å². The van der Waals surface area contributed by atoms with Crippen molar-refractivity contribution in [1.29, 1.82) is 0 Å². The summed E-state index contributed by atoms with van der Waals surface area (Å²) in [7, 11) is 0. The van der Waals surface area contributed by atoms with E-state index in [-0.39, 0.29) is 0 Å². The van der Waals surface area contributed by atoms with E-state index in [1.807, 2.05) is 5.51 Å². The second-order valence-corrected chi connectivity index (χ2v) is 5.71. The van der Waals surface area contributed by atoms with E-state index in [2.05, 4.69) is 35.6 Å². The Kier molecular flexibility index (Phi) is 3.95. The van der Waals surface area contributed by atoms with Crippen molar-refractivity contribution in [1.82, 2.24) is 14.8 Å². The van der Waals surface area contributed by atoms with E-state index < -0.39 is 0 Å². The highest BCUT2D eigenvalue weighted by molar-refractivity contribution is 7.09. The van der Waals surface area contributed by atoms with Crippen LogP contribution in [0.5, 0.6) is 0 Å². The molecule has 0 atom stereocenters. The molecule has 0 unspecified atom stereocenters. The minimum absolute atomic E-state index is 0.687. The maximum Gasteiger partial charge on any atom is 0.0798 e. The lowest BCUT2D eigenvalue weighted by molar-refractivity contribution is 0.104. The van der Waals surface area contributed by atoms with Gasteiger partial charge in [-0.05, 0) is 20.8 Å². The average Bonchev–Trinajstić information content (AvgIpc) is 2.65. The van der Waals surface area contributed by atoms with Crippen molar-refractivity contribution in [3.05, 3.63) is 16.1 Å². The zero-order chi connectivity index (χ0) is 11.5. The fourth-order valence-corrected chi connectivity index (χ4v) is 2.94. The van der Waals surface area contributed by atoms with Crippen LogP contribution in [-0.4, -0.2) is 47.0 Å². The van der Waals surface area contributed by atoms with Crippen LogP contribution in [0.25, 0.3) is 0 Å². The average molecular weight is 239 g/mol. The maximum absolute atomic E-state index is 4.31. The molecule has 0 N–H and O–H groups in total. The number of hydrogen-bond acceptors (Lipinski definition) is 4. The van der Waals surface area contributed by atoms with Crippen LogP contribution in [-0.2, 0) is 6.54 Å². The lowest BCUT2D eigenvalue weighted by Gasteiger charge is -2.36. The molecule has 0 saturated carbocycles. The molecule has 3 nitrogen and oxygen atoms in total. The number of nitrogens with zero attached hydrogens (tertiary/aromatic N) is 3.